The first kappa shape index (κ1) is 17.2. The highest BCUT2D eigenvalue weighted by molar-refractivity contribution is 6.30. The van der Waals surface area contributed by atoms with E-state index in [4.69, 9.17) is 16.3 Å². The van der Waals surface area contributed by atoms with Crippen LogP contribution < -0.4 is 10.1 Å². The van der Waals surface area contributed by atoms with E-state index >= 15 is 0 Å². The molecule has 8 heteroatoms. The van der Waals surface area contributed by atoms with Crippen LogP contribution in [-0.2, 0) is 4.79 Å². The van der Waals surface area contributed by atoms with Crippen LogP contribution in [0.5, 0.6) is 5.75 Å². The summed E-state index contributed by atoms with van der Waals surface area (Å²) < 4.78 is 18.8. The molecule has 0 radical (unpaired) electrons. The molecule has 0 aliphatic heterocycles. The number of carbonyl (C=O) groups is 1. The van der Waals surface area contributed by atoms with Gasteiger partial charge in [-0.2, -0.15) is 0 Å². The van der Waals surface area contributed by atoms with Crippen molar-refractivity contribution in [2.24, 2.45) is 0 Å². The van der Waals surface area contributed by atoms with Crippen molar-refractivity contribution >= 4 is 23.2 Å². The van der Waals surface area contributed by atoms with E-state index in [1.807, 2.05) is 0 Å². The summed E-state index contributed by atoms with van der Waals surface area (Å²) in [5.74, 6) is -0.976. The molecule has 25 heavy (non-hydrogen) atoms. The number of benzene rings is 2. The van der Waals surface area contributed by atoms with E-state index < -0.39 is 22.8 Å². The molecule has 0 unspecified atom stereocenters. The number of halogens is 2. The molecule has 1 aliphatic carbocycles. The van der Waals surface area contributed by atoms with Crippen LogP contribution in [0.3, 0.4) is 0 Å². The van der Waals surface area contributed by atoms with E-state index in [9.17, 15) is 19.3 Å². The predicted octanol–water partition coefficient (Wildman–Crippen LogP) is 3.79. The summed E-state index contributed by atoms with van der Waals surface area (Å²) in [5, 5.41) is 14.2. The molecule has 130 valence electrons. The summed E-state index contributed by atoms with van der Waals surface area (Å²) in [5.41, 5.74) is 0.0441. The average molecular weight is 365 g/mol. The molecule has 1 aliphatic rings. The highest BCUT2D eigenvalue weighted by Gasteiger charge is 2.31. The number of rotatable bonds is 6. The molecule has 2 aromatic rings. The zero-order valence-electron chi connectivity index (χ0n) is 12.9. The Morgan fingerprint density at radius 3 is 2.56 bits per heavy atom. The lowest BCUT2D eigenvalue weighted by atomic mass is 10.1. The topological polar surface area (TPSA) is 81.5 Å². The van der Waals surface area contributed by atoms with Crippen LogP contribution in [0.4, 0.5) is 10.1 Å². The average Bonchev–Trinajstić information content (AvgIpc) is 3.38. The minimum Gasteiger partial charge on any atom is -0.469 e. The maximum atomic E-state index is 13.2. The monoisotopic (exact) mass is 364 g/mol. The van der Waals surface area contributed by atoms with Crippen LogP contribution in [0.25, 0.3) is 0 Å². The molecule has 1 saturated carbocycles. The third-order valence-electron chi connectivity index (χ3n) is 3.70. The van der Waals surface area contributed by atoms with Crippen LogP contribution >= 0.6 is 11.6 Å². The summed E-state index contributed by atoms with van der Waals surface area (Å²) in [6.45, 7) is 0. The Kier molecular flexibility index (Phi) is 4.85. The third-order valence-corrected chi connectivity index (χ3v) is 3.93. The SMILES string of the molecule is O=C(NC1CC1)[C@H](Oc1ccc(Cl)cc1[N+](=O)[O-])c1ccc(F)cc1. The summed E-state index contributed by atoms with van der Waals surface area (Å²) >= 11 is 5.79. The molecule has 1 fully saturated rings. The fraction of sp³-hybridized carbons (Fsp3) is 0.235. The van der Waals surface area contributed by atoms with Crippen molar-refractivity contribution < 1.29 is 18.8 Å². The van der Waals surface area contributed by atoms with E-state index in [0.29, 0.717) is 5.56 Å². The number of nitro groups is 1. The number of nitro benzene ring substituents is 1. The van der Waals surface area contributed by atoms with E-state index in [1.54, 1.807) is 0 Å². The highest BCUT2D eigenvalue weighted by atomic mass is 35.5. The van der Waals surface area contributed by atoms with Crippen LogP contribution in [0.1, 0.15) is 24.5 Å². The van der Waals surface area contributed by atoms with Gasteiger partial charge in [0.05, 0.1) is 4.92 Å². The molecule has 1 atom stereocenters. The van der Waals surface area contributed by atoms with Crippen LogP contribution in [0, 0.1) is 15.9 Å². The lowest BCUT2D eigenvalue weighted by Gasteiger charge is -2.19. The van der Waals surface area contributed by atoms with Crippen molar-refractivity contribution in [1.29, 1.82) is 0 Å². The first-order valence-corrected chi connectivity index (χ1v) is 7.98. The van der Waals surface area contributed by atoms with Gasteiger partial charge in [-0.3, -0.25) is 14.9 Å². The zero-order valence-corrected chi connectivity index (χ0v) is 13.7. The fourth-order valence-electron chi connectivity index (χ4n) is 2.27. The van der Waals surface area contributed by atoms with Crippen molar-refractivity contribution in [1.82, 2.24) is 5.32 Å². The second-order valence-electron chi connectivity index (χ2n) is 5.70. The smallest absolute Gasteiger partial charge is 0.312 e. The number of hydrogen-bond donors (Lipinski definition) is 1. The minimum absolute atomic E-state index is 0.0826. The number of nitrogens with one attached hydrogen (secondary N) is 1. The second-order valence-corrected chi connectivity index (χ2v) is 6.14. The molecule has 1 N–H and O–H groups in total. The highest BCUT2D eigenvalue weighted by Crippen LogP contribution is 2.34. The number of nitrogens with zero attached hydrogens (tertiary/aromatic N) is 1. The summed E-state index contributed by atoms with van der Waals surface area (Å²) in [6, 6.07) is 9.23. The lowest BCUT2D eigenvalue weighted by molar-refractivity contribution is -0.386. The number of carbonyl (C=O) groups excluding carboxylic acids is 1. The normalized spacial score (nSPS) is 14.6. The van der Waals surface area contributed by atoms with Crippen molar-refractivity contribution in [3.05, 3.63) is 69.0 Å². The lowest BCUT2D eigenvalue weighted by Crippen LogP contribution is -2.34. The Bertz CT molecular complexity index is 809. The molecule has 3 rings (SSSR count). The van der Waals surface area contributed by atoms with Crippen LogP contribution in [0.2, 0.25) is 5.02 Å². The van der Waals surface area contributed by atoms with E-state index in [-0.39, 0.29) is 22.5 Å². The molecule has 1 amide bonds. The predicted molar refractivity (Wildman–Crippen MR) is 89.0 cm³/mol. The number of hydrogen-bond acceptors (Lipinski definition) is 4. The quantitative estimate of drug-likeness (QED) is 0.624. The zero-order chi connectivity index (χ0) is 18.0. The fourth-order valence-corrected chi connectivity index (χ4v) is 2.44. The summed E-state index contributed by atoms with van der Waals surface area (Å²) in [6.07, 6.45) is 0.618. The van der Waals surface area contributed by atoms with Gasteiger partial charge in [-0.05, 0) is 37.1 Å². The molecule has 0 aromatic heterocycles. The molecule has 0 spiro atoms. The van der Waals surface area contributed by atoms with Gasteiger partial charge in [0, 0.05) is 22.7 Å². The van der Waals surface area contributed by atoms with Crippen molar-refractivity contribution in [3.63, 3.8) is 0 Å². The standard InChI is InChI=1S/C17H14ClFN2O4/c18-11-3-8-15(14(9-11)21(23)24)25-16(17(22)20-13-6-7-13)10-1-4-12(19)5-2-10/h1-5,8-9,13,16H,6-7H2,(H,20,22)/t16-/m1/s1. The van der Waals surface area contributed by atoms with Gasteiger partial charge in [0.25, 0.3) is 5.91 Å². The summed E-state index contributed by atoms with van der Waals surface area (Å²) in [4.78, 5) is 23.1. The second kappa shape index (κ2) is 7.06. The van der Waals surface area contributed by atoms with Crippen LogP contribution in [0.15, 0.2) is 42.5 Å². The van der Waals surface area contributed by atoms with Gasteiger partial charge < -0.3 is 10.1 Å². The molecular formula is C17H14ClFN2O4. The Labute approximate surface area is 147 Å². The Hall–Kier alpha value is -2.67. The van der Waals surface area contributed by atoms with Gasteiger partial charge in [0.1, 0.15) is 5.82 Å². The van der Waals surface area contributed by atoms with Gasteiger partial charge in [-0.15, -0.1) is 0 Å². The first-order valence-electron chi connectivity index (χ1n) is 7.60. The third kappa shape index (κ3) is 4.24. The minimum atomic E-state index is -1.14. The van der Waals surface area contributed by atoms with Crippen molar-refractivity contribution in [2.75, 3.05) is 0 Å². The van der Waals surface area contributed by atoms with Gasteiger partial charge >= 0.3 is 5.69 Å². The first-order chi connectivity index (χ1) is 11.9. The molecular weight excluding hydrogens is 351 g/mol. The Morgan fingerprint density at radius 2 is 1.96 bits per heavy atom. The number of amides is 1. The largest absolute Gasteiger partial charge is 0.469 e. The van der Waals surface area contributed by atoms with Crippen LogP contribution in [-0.4, -0.2) is 16.9 Å². The number of ether oxygens (including phenoxy) is 1. The van der Waals surface area contributed by atoms with Crippen molar-refractivity contribution in [3.8, 4) is 5.75 Å². The van der Waals surface area contributed by atoms with Crippen molar-refractivity contribution in [2.45, 2.75) is 25.0 Å². The molecule has 6 nitrogen and oxygen atoms in total. The van der Waals surface area contributed by atoms with Gasteiger partial charge in [-0.1, -0.05) is 23.7 Å². The van der Waals surface area contributed by atoms with E-state index in [0.717, 1.165) is 18.9 Å². The molecule has 0 heterocycles. The van der Waals surface area contributed by atoms with E-state index in [2.05, 4.69) is 5.32 Å². The maximum absolute atomic E-state index is 13.2. The maximum Gasteiger partial charge on any atom is 0.312 e. The van der Waals surface area contributed by atoms with Gasteiger partial charge in [0.2, 0.25) is 6.10 Å². The molecule has 0 saturated heterocycles. The van der Waals surface area contributed by atoms with Gasteiger partial charge in [-0.25, -0.2) is 4.39 Å². The van der Waals surface area contributed by atoms with Gasteiger partial charge in [0.15, 0.2) is 5.75 Å². The Morgan fingerprint density at radius 1 is 1.28 bits per heavy atom. The van der Waals surface area contributed by atoms with E-state index in [1.165, 1.54) is 36.4 Å². The summed E-state index contributed by atoms with van der Waals surface area (Å²) in [7, 11) is 0. The Balaban J connectivity index is 1.93. The molecule has 2 aromatic carbocycles. The molecule has 0 bridgehead atoms.